The predicted molar refractivity (Wildman–Crippen MR) is 109 cm³/mol. The van der Waals surface area contributed by atoms with Crippen molar-refractivity contribution in [2.24, 2.45) is 0 Å². The zero-order valence-electron chi connectivity index (χ0n) is 16.2. The molecule has 2 aromatic carbocycles. The Morgan fingerprint density at radius 3 is 2.46 bits per heavy atom. The maximum atomic E-state index is 13.1. The van der Waals surface area contributed by atoms with Crippen molar-refractivity contribution in [2.45, 2.75) is 38.3 Å². The molecule has 3 rings (SSSR count). The van der Waals surface area contributed by atoms with E-state index in [1.54, 1.807) is 19.2 Å². The second kappa shape index (κ2) is 9.11. The normalized spacial score (nSPS) is 17.2. The second-order valence-electron chi connectivity index (χ2n) is 7.03. The molecular weight excluding hydrogens is 376 g/mol. The first-order valence-electron chi connectivity index (χ1n) is 9.44. The van der Waals surface area contributed by atoms with E-state index in [9.17, 15) is 9.59 Å². The number of ether oxygens (including phenoxy) is 1. The number of benzene rings is 2. The topological polar surface area (TPSA) is 58.6 Å². The van der Waals surface area contributed by atoms with Gasteiger partial charge in [-0.25, -0.2) is 0 Å². The average Bonchev–Trinajstić information content (AvgIpc) is 3.18. The van der Waals surface area contributed by atoms with Gasteiger partial charge in [0.15, 0.2) is 0 Å². The molecule has 1 aliphatic rings. The molecule has 28 heavy (non-hydrogen) atoms. The first-order chi connectivity index (χ1) is 13.5. The van der Waals surface area contributed by atoms with Gasteiger partial charge in [0.1, 0.15) is 5.75 Å². The lowest BCUT2D eigenvalue weighted by Gasteiger charge is -2.28. The molecule has 1 aliphatic heterocycles. The van der Waals surface area contributed by atoms with Crippen LogP contribution in [0.1, 0.15) is 49.4 Å². The number of carbonyl (C=O) groups is 2. The molecule has 1 N–H and O–H groups in total. The quantitative estimate of drug-likeness (QED) is 0.787. The third-order valence-corrected chi connectivity index (χ3v) is 5.35. The number of nitrogens with zero attached hydrogens (tertiary/aromatic N) is 1. The summed E-state index contributed by atoms with van der Waals surface area (Å²) in [5, 5.41) is 3.51. The lowest BCUT2D eigenvalue weighted by atomic mass is 10.0. The molecule has 2 aromatic rings. The van der Waals surface area contributed by atoms with E-state index in [4.69, 9.17) is 16.3 Å². The van der Waals surface area contributed by atoms with Gasteiger partial charge in [0.2, 0.25) is 11.8 Å². The molecule has 1 heterocycles. The highest BCUT2D eigenvalue weighted by Gasteiger charge is 2.31. The summed E-state index contributed by atoms with van der Waals surface area (Å²) in [5.74, 6) is 0.668. The van der Waals surface area contributed by atoms with E-state index in [0.717, 1.165) is 36.3 Å². The van der Waals surface area contributed by atoms with Gasteiger partial charge < -0.3 is 15.0 Å². The first-order valence-corrected chi connectivity index (χ1v) is 9.81. The zero-order valence-corrected chi connectivity index (χ0v) is 16.9. The van der Waals surface area contributed by atoms with Crippen molar-refractivity contribution in [1.29, 1.82) is 0 Å². The molecule has 1 fully saturated rings. The summed E-state index contributed by atoms with van der Waals surface area (Å²) < 4.78 is 5.22. The Bertz CT molecular complexity index is 821. The molecule has 5 nitrogen and oxygen atoms in total. The molecule has 0 spiro atoms. The molecule has 0 saturated carbocycles. The SMILES string of the molecule is COc1ccc([C@@H]2CCCN2C(=O)C[C@@H](NC(C)=O)c2ccc(Cl)cc2)cc1. The van der Waals surface area contributed by atoms with Crippen LogP contribution in [0.4, 0.5) is 0 Å². The molecular formula is C22H25ClN2O3. The molecule has 2 atom stereocenters. The number of likely N-dealkylation sites (tertiary alicyclic amines) is 1. The van der Waals surface area contributed by atoms with Crippen LogP contribution in [0.5, 0.6) is 5.75 Å². The van der Waals surface area contributed by atoms with E-state index in [0.29, 0.717) is 5.02 Å². The largest absolute Gasteiger partial charge is 0.497 e. The molecule has 2 amide bonds. The van der Waals surface area contributed by atoms with E-state index in [1.165, 1.54) is 6.92 Å². The minimum Gasteiger partial charge on any atom is -0.497 e. The molecule has 6 heteroatoms. The summed E-state index contributed by atoms with van der Waals surface area (Å²) >= 11 is 5.97. The number of rotatable bonds is 6. The van der Waals surface area contributed by atoms with E-state index >= 15 is 0 Å². The fourth-order valence-corrected chi connectivity index (χ4v) is 3.85. The minimum atomic E-state index is -0.376. The van der Waals surface area contributed by atoms with Crippen molar-refractivity contribution in [3.8, 4) is 5.75 Å². The molecule has 0 bridgehead atoms. The van der Waals surface area contributed by atoms with Crippen LogP contribution in [0.15, 0.2) is 48.5 Å². The number of nitrogens with one attached hydrogen (secondary N) is 1. The standard InChI is InChI=1S/C22H25ClN2O3/c1-15(26)24-20(16-5-9-18(23)10-6-16)14-22(27)25-13-3-4-21(25)17-7-11-19(28-2)12-8-17/h5-12,20-21H,3-4,13-14H2,1-2H3,(H,24,26)/t20-,21+/m1/s1. The lowest BCUT2D eigenvalue weighted by molar-refractivity contribution is -0.133. The number of halogens is 1. The summed E-state index contributed by atoms with van der Waals surface area (Å²) in [6.45, 7) is 2.19. The number of carbonyl (C=O) groups excluding carboxylic acids is 2. The first kappa shape index (κ1) is 20.2. The zero-order chi connectivity index (χ0) is 20.1. The Kier molecular flexibility index (Phi) is 6.57. The van der Waals surface area contributed by atoms with Crippen LogP contribution in [0.2, 0.25) is 5.02 Å². The predicted octanol–water partition coefficient (Wildman–Crippen LogP) is 4.28. The highest BCUT2D eigenvalue weighted by molar-refractivity contribution is 6.30. The van der Waals surface area contributed by atoms with Crippen LogP contribution in [0.25, 0.3) is 0 Å². The fraction of sp³-hybridized carbons (Fsp3) is 0.364. The number of amides is 2. The lowest BCUT2D eigenvalue weighted by Crippen LogP contribution is -2.35. The van der Waals surface area contributed by atoms with Crippen LogP contribution in [-0.4, -0.2) is 30.4 Å². The van der Waals surface area contributed by atoms with Crippen LogP contribution in [-0.2, 0) is 9.59 Å². The second-order valence-corrected chi connectivity index (χ2v) is 7.46. The van der Waals surface area contributed by atoms with Gasteiger partial charge in [-0.1, -0.05) is 35.9 Å². The van der Waals surface area contributed by atoms with Gasteiger partial charge in [-0.15, -0.1) is 0 Å². The van der Waals surface area contributed by atoms with Crippen LogP contribution in [0, 0.1) is 0 Å². The fourth-order valence-electron chi connectivity index (χ4n) is 3.72. The van der Waals surface area contributed by atoms with Crippen molar-refractivity contribution < 1.29 is 14.3 Å². The van der Waals surface area contributed by atoms with Gasteiger partial charge in [0, 0.05) is 18.5 Å². The summed E-state index contributed by atoms with van der Waals surface area (Å²) in [6.07, 6.45) is 2.12. The van der Waals surface area contributed by atoms with Crippen molar-refractivity contribution in [1.82, 2.24) is 10.2 Å². The minimum absolute atomic E-state index is 0.0343. The summed E-state index contributed by atoms with van der Waals surface area (Å²) in [6, 6.07) is 14.8. The summed E-state index contributed by atoms with van der Waals surface area (Å²) in [7, 11) is 1.64. The number of methoxy groups -OCH3 is 1. The third kappa shape index (κ3) is 4.84. The summed E-state index contributed by atoms with van der Waals surface area (Å²) in [5.41, 5.74) is 1.97. The van der Waals surface area contributed by atoms with Crippen LogP contribution < -0.4 is 10.1 Å². The molecule has 0 radical (unpaired) electrons. The van der Waals surface area contributed by atoms with Gasteiger partial charge in [0.05, 0.1) is 25.6 Å². The molecule has 148 valence electrons. The van der Waals surface area contributed by atoms with Crippen LogP contribution in [0.3, 0.4) is 0 Å². The van der Waals surface area contributed by atoms with Crippen LogP contribution >= 0.6 is 11.6 Å². The van der Waals surface area contributed by atoms with Crippen molar-refractivity contribution in [3.63, 3.8) is 0 Å². The van der Waals surface area contributed by atoms with Crippen molar-refractivity contribution in [3.05, 3.63) is 64.7 Å². The van der Waals surface area contributed by atoms with E-state index in [1.807, 2.05) is 41.3 Å². The van der Waals surface area contributed by atoms with Crippen molar-refractivity contribution in [2.75, 3.05) is 13.7 Å². The number of hydrogen-bond acceptors (Lipinski definition) is 3. The van der Waals surface area contributed by atoms with Gasteiger partial charge in [-0.3, -0.25) is 9.59 Å². The van der Waals surface area contributed by atoms with Gasteiger partial charge in [-0.05, 0) is 48.2 Å². The molecule has 1 saturated heterocycles. The average molecular weight is 401 g/mol. The Hall–Kier alpha value is -2.53. The highest BCUT2D eigenvalue weighted by Crippen LogP contribution is 2.34. The molecule has 0 aliphatic carbocycles. The van der Waals surface area contributed by atoms with Gasteiger partial charge >= 0.3 is 0 Å². The summed E-state index contributed by atoms with van der Waals surface area (Å²) in [4.78, 5) is 26.7. The third-order valence-electron chi connectivity index (χ3n) is 5.10. The highest BCUT2D eigenvalue weighted by atomic mass is 35.5. The molecule has 0 unspecified atom stereocenters. The smallest absolute Gasteiger partial charge is 0.225 e. The van der Waals surface area contributed by atoms with E-state index in [2.05, 4.69) is 5.32 Å². The monoisotopic (exact) mass is 400 g/mol. The molecule has 0 aromatic heterocycles. The Balaban J connectivity index is 1.75. The van der Waals surface area contributed by atoms with E-state index in [-0.39, 0.29) is 30.3 Å². The Morgan fingerprint density at radius 1 is 1.18 bits per heavy atom. The Morgan fingerprint density at radius 2 is 1.86 bits per heavy atom. The van der Waals surface area contributed by atoms with Gasteiger partial charge in [0.25, 0.3) is 0 Å². The van der Waals surface area contributed by atoms with Gasteiger partial charge in [-0.2, -0.15) is 0 Å². The Labute approximate surface area is 170 Å². The maximum Gasteiger partial charge on any atom is 0.225 e. The van der Waals surface area contributed by atoms with Crippen molar-refractivity contribution >= 4 is 23.4 Å². The maximum absolute atomic E-state index is 13.1. The van der Waals surface area contributed by atoms with E-state index < -0.39 is 0 Å². The number of hydrogen-bond donors (Lipinski definition) is 1.